The zero-order valence-electron chi connectivity index (χ0n) is 11.0. The highest BCUT2D eigenvalue weighted by atomic mass is 16.4. The third kappa shape index (κ3) is 25.2. The molecular weight excluding hydrogens is 220 g/mol. The van der Waals surface area contributed by atoms with Crippen LogP contribution < -0.4 is 0 Å². The predicted molar refractivity (Wildman–Crippen MR) is 68.0 cm³/mol. The van der Waals surface area contributed by atoms with E-state index in [0.717, 1.165) is 25.3 Å². The van der Waals surface area contributed by atoms with Crippen LogP contribution in [0.4, 0.5) is 0 Å². The van der Waals surface area contributed by atoms with Crippen molar-refractivity contribution >= 4 is 11.9 Å². The first-order chi connectivity index (χ1) is 7.69. The lowest BCUT2D eigenvalue weighted by Gasteiger charge is -2.17. The van der Waals surface area contributed by atoms with E-state index in [9.17, 15) is 9.59 Å². The SMILES string of the molecule is C=CC(=O)O.CC(C)(C)CCCCCC(=O)O. The van der Waals surface area contributed by atoms with E-state index in [1.54, 1.807) is 0 Å². The van der Waals surface area contributed by atoms with Gasteiger partial charge < -0.3 is 10.2 Å². The van der Waals surface area contributed by atoms with Crippen molar-refractivity contribution in [1.82, 2.24) is 0 Å². The molecule has 0 unspecified atom stereocenters. The molecule has 0 fully saturated rings. The van der Waals surface area contributed by atoms with Crippen LogP contribution in [0, 0.1) is 5.41 Å². The number of unbranched alkanes of at least 4 members (excludes halogenated alkanes) is 2. The van der Waals surface area contributed by atoms with Crippen LogP contribution in [0.5, 0.6) is 0 Å². The Morgan fingerprint density at radius 3 is 1.88 bits per heavy atom. The summed E-state index contributed by atoms with van der Waals surface area (Å²) in [6, 6.07) is 0. The van der Waals surface area contributed by atoms with Gasteiger partial charge >= 0.3 is 11.9 Å². The van der Waals surface area contributed by atoms with Crippen LogP contribution in [0.2, 0.25) is 0 Å². The number of hydrogen-bond acceptors (Lipinski definition) is 2. The summed E-state index contributed by atoms with van der Waals surface area (Å²) in [5, 5.41) is 16.0. The highest BCUT2D eigenvalue weighted by molar-refractivity contribution is 5.78. The van der Waals surface area contributed by atoms with Gasteiger partial charge in [-0.2, -0.15) is 0 Å². The summed E-state index contributed by atoms with van der Waals surface area (Å²) in [7, 11) is 0. The zero-order valence-corrected chi connectivity index (χ0v) is 11.0. The molecule has 0 aliphatic heterocycles. The van der Waals surface area contributed by atoms with E-state index in [1.165, 1.54) is 6.42 Å². The van der Waals surface area contributed by atoms with E-state index in [-0.39, 0.29) is 0 Å². The van der Waals surface area contributed by atoms with Gasteiger partial charge in [0.1, 0.15) is 0 Å². The maximum Gasteiger partial charge on any atom is 0.327 e. The van der Waals surface area contributed by atoms with E-state index in [0.29, 0.717) is 11.8 Å². The van der Waals surface area contributed by atoms with Crippen molar-refractivity contribution in [2.45, 2.75) is 52.9 Å². The molecule has 4 heteroatoms. The molecule has 100 valence electrons. The van der Waals surface area contributed by atoms with Gasteiger partial charge in [0.2, 0.25) is 0 Å². The van der Waals surface area contributed by atoms with E-state index in [2.05, 4.69) is 27.4 Å². The lowest BCUT2D eigenvalue weighted by molar-refractivity contribution is -0.137. The van der Waals surface area contributed by atoms with Gasteiger partial charge in [-0.3, -0.25) is 4.79 Å². The van der Waals surface area contributed by atoms with E-state index in [4.69, 9.17) is 10.2 Å². The molecule has 0 aromatic carbocycles. The molecule has 17 heavy (non-hydrogen) atoms. The van der Waals surface area contributed by atoms with Crippen molar-refractivity contribution in [3.8, 4) is 0 Å². The summed E-state index contributed by atoms with van der Waals surface area (Å²) in [6.45, 7) is 9.60. The molecule has 2 N–H and O–H groups in total. The van der Waals surface area contributed by atoms with Crippen LogP contribution in [-0.2, 0) is 9.59 Å². The number of carbonyl (C=O) groups is 2. The Morgan fingerprint density at radius 2 is 1.59 bits per heavy atom. The molecule has 4 nitrogen and oxygen atoms in total. The van der Waals surface area contributed by atoms with Gasteiger partial charge in [-0.1, -0.05) is 40.2 Å². The van der Waals surface area contributed by atoms with Gasteiger partial charge in [0.15, 0.2) is 0 Å². The topological polar surface area (TPSA) is 74.6 Å². The number of carboxylic acids is 2. The van der Waals surface area contributed by atoms with Crippen molar-refractivity contribution < 1.29 is 19.8 Å². The highest BCUT2D eigenvalue weighted by Gasteiger charge is 2.08. The van der Waals surface area contributed by atoms with Crippen LogP contribution in [0.1, 0.15) is 52.9 Å². The minimum Gasteiger partial charge on any atom is -0.481 e. The van der Waals surface area contributed by atoms with E-state index in [1.807, 2.05) is 0 Å². The smallest absolute Gasteiger partial charge is 0.327 e. The van der Waals surface area contributed by atoms with Gasteiger partial charge in [0.25, 0.3) is 0 Å². The third-order valence-electron chi connectivity index (χ3n) is 1.99. The predicted octanol–water partition coefficient (Wildman–Crippen LogP) is 3.32. The van der Waals surface area contributed by atoms with E-state index < -0.39 is 11.9 Å². The molecule has 0 aliphatic rings. The van der Waals surface area contributed by atoms with Crippen LogP contribution in [0.15, 0.2) is 12.7 Å². The lowest BCUT2D eigenvalue weighted by atomic mass is 9.89. The molecular formula is C13H24O4. The van der Waals surface area contributed by atoms with Crippen molar-refractivity contribution in [3.63, 3.8) is 0 Å². The van der Waals surface area contributed by atoms with Crippen molar-refractivity contribution in [3.05, 3.63) is 12.7 Å². The molecule has 0 rings (SSSR count). The van der Waals surface area contributed by atoms with Gasteiger partial charge in [-0.25, -0.2) is 4.79 Å². The van der Waals surface area contributed by atoms with Crippen LogP contribution in [-0.4, -0.2) is 22.2 Å². The van der Waals surface area contributed by atoms with Crippen LogP contribution >= 0.6 is 0 Å². The fourth-order valence-electron chi connectivity index (χ4n) is 1.11. The van der Waals surface area contributed by atoms with Gasteiger partial charge in [0, 0.05) is 12.5 Å². The minimum absolute atomic E-state index is 0.324. The first kappa shape index (κ1) is 18.1. The average molecular weight is 244 g/mol. The molecule has 0 saturated carbocycles. The zero-order chi connectivity index (χ0) is 13.9. The Morgan fingerprint density at radius 1 is 1.12 bits per heavy atom. The minimum atomic E-state index is -0.981. The number of rotatable bonds is 6. The van der Waals surface area contributed by atoms with Crippen molar-refractivity contribution in [2.24, 2.45) is 5.41 Å². The molecule has 0 amide bonds. The molecule has 0 heterocycles. The first-order valence-electron chi connectivity index (χ1n) is 5.76. The third-order valence-corrected chi connectivity index (χ3v) is 1.99. The molecule has 0 radical (unpaired) electrons. The molecule has 0 aliphatic carbocycles. The maximum atomic E-state index is 10.2. The van der Waals surface area contributed by atoms with E-state index >= 15 is 0 Å². The Hall–Kier alpha value is -1.32. The monoisotopic (exact) mass is 244 g/mol. The summed E-state index contributed by atoms with van der Waals surface area (Å²) in [4.78, 5) is 19.4. The van der Waals surface area contributed by atoms with Gasteiger partial charge in [-0.05, 0) is 18.3 Å². The summed E-state index contributed by atoms with van der Waals surface area (Å²) >= 11 is 0. The normalized spacial score (nSPS) is 10.1. The molecule has 0 atom stereocenters. The van der Waals surface area contributed by atoms with Crippen LogP contribution in [0.25, 0.3) is 0 Å². The molecule has 0 aromatic rings. The Kier molecular flexibility index (Phi) is 10.5. The second-order valence-electron chi connectivity index (χ2n) is 5.06. The number of aliphatic carboxylic acids is 2. The van der Waals surface area contributed by atoms with Gasteiger partial charge in [-0.15, -0.1) is 0 Å². The number of hydrogen-bond donors (Lipinski definition) is 2. The van der Waals surface area contributed by atoms with Crippen molar-refractivity contribution in [1.29, 1.82) is 0 Å². The quantitative estimate of drug-likeness (QED) is 0.555. The maximum absolute atomic E-state index is 10.2. The van der Waals surface area contributed by atoms with Crippen LogP contribution in [0.3, 0.4) is 0 Å². The fraction of sp³-hybridized carbons (Fsp3) is 0.692. The summed E-state index contributed by atoms with van der Waals surface area (Å²) < 4.78 is 0. The molecule has 0 bridgehead atoms. The second-order valence-corrected chi connectivity index (χ2v) is 5.06. The molecule has 0 saturated heterocycles. The average Bonchev–Trinajstić information content (AvgIpc) is 2.16. The molecule has 0 aromatic heterocycles. The lowest BCUT2D eigenvalue weighted by Crippen LogP contribution is -2.04. The summed E-state index contributed by atoms with van der Waals surface area (Å²) in [5.41, 5.74) is 0.392. The van der Waals surface area contributed by atoms with Gasteiger partial charge in [0.05, 0.1) is 0 Å². The Bertz CT molecular complexity index is 238. The second kappa shape index (κ2) is 9.87. The largest absolute Gasteiger partial charge is 0.481 e. The first-order valence-corrected chi connectivity index (χ1v) is 5.76. The highest BCUT2D eigenvalue weighted by Crippen LogP contribution is 2.22. The Labute approximate surface area is 103 Å². The summed E-state index contributed by atoms with van der Waals surface area (Å²) in [6.07, 6.45) is 5.36. The molecule has 0 spiro atoms. The standard InChI is InChI=1S/C10H20O2.C3H4O2/c1-10(2,3)8-6-4-5-7-9(11)12;1-2-3(4)5/h4-8H2,1-3H3,(H,11,12);2H,1H2,(H,4,5). The van der Waals surface area contributed by atoms with Crippen molar-refractivity contribution in [2.75, 3.05) is 0 Å². The Balaban J connectivity index is 0. The fourth-order valence-corrected chi connectivity index (χ4v) is 1.11. The summed E-state index contributed by atoms with van der Waals surface area (Å²) in [5.74, 6) is -1.66. The number of carboxylic acid groups (broad SMARTS) is 2.